The van der Waals surface area contributed by atoms with E-state index in [-0.39, 0.29) is 35.9 Å². The van der Waals surface area contributed by atoms with Crippen LogP contribution in [0.5, 0.6) is 0 Å². The first-order chi connectivity index (χ1) is 12.9. The molecule has 1 saturated carbocycles. The van der Waals surface area contributed by atoms with E-state index in [0.717, 1.165) is 12.1 Å². The number of carbonyl (C=O) groups is 2. The van der Waals surface area contributed by atoms with Crippen molar-refractivity contribution < 1.29 is 23.5 Å². The lowest BCUT2D eigenvalue weighted by Crippen LogP contribution is -2.54. The predicted octanol–water partition coefficient (Wildman–Crippen LogP) is 1.82. The van der Waals surface area contributed by atoms with Crippen LogP contribution in [0.4, 0.5) is 8.78 Å². The fourth-order valence-electron chi connectivity index (χ4n) is 3.18. The Kier molecular flexibility index (Phi) is 5.50. The third kappa shape index (κ3) is 4.30. The molecule has 1 aromatic carbocycles. The number of aromatic nitrogens is 2. The lowest BCUT2D eigenvalue weighted by Gasteiger charge is -2.42. The Bertz CT molecular complexity index is 849. The quantitative estimate of drug-likeness (QED) is 0.767. The van der Waals surface area contributed by atoms with E-state index in [1.54, 1.807) is 0 Å². The SMILES string of the molecule is CCN(CC(=O)O)C1CC(NC(=O)c2ccn(-c3ccc(F)cc3F)n2)C1. The molecule has 0 spiro atoms. The predicted molar refractivity (Wildman–Crippen MR) is 92.6 cm³/mol. The van der Waals surface area contributed by atoms with E-state index in [1.807, 2.05) is 11.8 Å². The molecule has 3 rings (SSSR count). The largest absolute Gasteiger partial charge is 0.480 e. The van der Waals surface area contributed by atoms with Gasteiger partial charge in [0.15, 0.2) is 11.5 Å². The first-order valence-electron chi connectivity index (χ1n) is 8.65. The summed E-state index contributed by atoms with van der Waals surface area (Å²) in [7, 11) is 0. The highest BCUT2D eigenvalue weighted by Crippen LogP contribution is 2.26. The van der Waals surface area contributed by atoms with Gasteiger partial charge in [0.1, 0.15) is 11.5 Å². The molecule has 0 saturated heterocycles. The normalized spacial score (nSPS) is 19.0. The molecule has 27 heavy (non-hydrogen) atoms. The van der Waals surface area contributed by atoms with Crippen LogP contribution in [0.15, 0.2) is 30.5 Å². The molecule has 2 aromatic rings. The van der Waals surface area contributed by atoms with Crippen molar-refractivity contribution in [3.05, 3.63) is 47.8 Å². The van der Waals surface area contributed by atoms with Gasteiger partial charge >= 0.3 is 5.97 Å². The number of carboxylic acid groups (broad SMARTS) is 1. The number of carbonyl (C=O) groups excluding carboxylic acids is 1. The fourth-order valence-corrected chi connectivity index (χ4v) is 3.18. The first kappa shape index (κ1) is 19.0. The Hall–Kier alpha value is -2.81. The number of hydrogen-bond acceptors (Lipinski definition) is 4. The lowest BCUT2D eigenvalue weighted by atomic mass is 9.85. The zero-order valence-electron chi connectivity index (χ0n) is 14.7. The van der Waals surface area contributed by atoms with Gasteiger partial charge < -0.3 is 10.4 Å². The van der Waals surface area contributed by atoms with E-state index in [9.17, 15) is 18.4 Å². The van der Waals surface area contributed by atoms with Crippen LogP contribution >= 0.6 is 0 Å². The summed E-state index contributed by atoms with van der Waals surface area (Å²) in [6, 6.07) is 4.64. The second kappa shape index (κ2) is 7.83. The van der Waals surface area contributed by atoms with Gasteiger partial charge in [0, 0.05) is 24.3 Å². The van der Waals surface area contributed by atoms with Crippen molar-refractivity contribution in [1.29, 1.82) is 0 Å². The number of nitrogens with zero attached hydrogens (tertiary/aromatic N) is 3. The van der Waals surface area contributed by atoms with Gasteiger partial charge in [-0.15, -0.1) is 0 Å². The number of nitrogens with one attached hydrogen (secondary N) is 1. The molecule has 0 atom stereocenters. The average molecular weight is 378 g/mol. The van der Waals surface area contributed by atoms with Crippen molar-refractivity contribution in [2.45, 2.75) is 31.8 Å². The second-order valence-corrected chi connectivity index (χ2v) is 6.49. The lowest BCUT2D eigenvalue weighted by molar-refractivity contribution is -0.139. The van der Waals surface area contributed by atoms with Crippen molar-refractivity contribution in [3.63, 3.8) is 0 Å². The summed E-state index contributed by atoms with van der Waals surface area (Å²) < 4.78 is 28.0. The van der Waals surface area contributed by atoms with Gasteiger partial charge in [0.25, 0.3) is 5.91 Å². The van der Waals surface area contributed by atoms with Crippen LogP contribution < -0.4 is 5.32 Å². The number of halogens is 2. The van der Waals surface area contributed by atoms with E-state index < -0.39 is 17.6 Å². The molecule has 1 aliphatic carbocycles. The summed E-state index contributed by atoms with van der Waals surface area (Å²) in [5.41, 5.74) is 0.173. The molecule has 1 aliphatic rings. The van der Waals surface area contributed by atoms with Crippen molar-refractivity contribution in [3.8, 4) is 5.69 Å². The standard InChI is InChI=1S/C18H20F2N4O3/c1-2-23(10-17(25)26)13-8-12(9-13)21-18(27)15-5-6-24(22-15)16-4-3-11(19)7-14(16)20/h3-7,12-13H,2,8-10H2,1H3,(H,21,27)(H,25,26). The number of likely N-dealkylation sites (N-methyl/N-ethyl adjacent to an activating group) is 1. The Morgan fingerprint density at radius 2 is 2.07 bits per heavy atom. The number of aliphatic carboxylic acids is 1. The van der Waals surface area contributed by atoms with Crippen LogP contribution in [0.25, 0.3) is 5.69 Å². The van der Waals surface area contributed by atoms with Gasteiger partial charge in [-0.05, 0) is 37.6 Å². The van der Waals surface area contributed by atoms with Crippen molar-refractivity contribution in [2.75, 3.05) is 13.1 Å². The minimum atomic E-state index is -0.872. The number of amides is 1. The highest BCUT2D eigenvalue weighted by Gasteiger charge is 2.35. The first-order valence-corrected chi connectivity index (χ1v) is 8.65. The van der Waals surface area contributed by atoms with Gasteiger partial charge in [-0.25, -0.2) is 13.5 Å². The summed E-state index contributed by atoms with van der Waals surface area (Å²) in [5, 5.41) is 15.8. The van der Waals surface area contributed by atoms with Gasteiger partial charge in [-0.2, -0.15) is 5.10 Å². The third-order valence-electron chi connectivity index (χ3n) is 4.69. The highest BCUT2D eigenvalue weighted by molar-refractivity contribution is 5.92. The van der Waals surface area contributed by atoms with Crippen molar-refractivity contribution in [2.24, 2.45) is 0 Å². The molecule has 9 heteroatoms. The summed E-state index contributed by atoms with van der Waals surface area (Å²) in [4.78, 5) is 25.0. The minimum Gasteiger partial charge on any atom is -0.480 e. The Balaban J connectivity index is 1.57. The number of carboxylic acids is 1. The molecule has 144 valence electrons. The van der Waals surface area contributed by atoms with Crippen LogP contribution in [-0.2, 0) is 4.79 Å². The van der Waals surface area contributed by atoms with Gasteiger partial charge in [-0.1, -0.05) is 6.92 Å². The van der Waals surface area contributed by atoms with Crippen LogP contribution in [0.1, 0.15) is 30.3 Å². The van der Waals surface area contributed by atoms with E-state index in [0.29, 0.717) is 19.4 Å². The van der Waals surface area contributed by atoms with Gasteiger partial charge in [0.05, 0.1) is 6.54 Å². The Morgan fingerprint density at radius 3 is 2.70 bits per heavy atom. The zero-order chi connectivity index (χ0) is 19.6. The van der Waals surface area contributed by atoms with Gasteiger partial charge in [0.2, 0.25) is 0 Å². The number of benzene rings is 1. The van der Waals surface area contributed by atoms with E-state index >= 15 is 0 Å². The maximum absolute atomic E-state index is 13.8. The smallest absolute Gasteiger partial charge is 0.317 e. The van der Waals surface area contributed by atoms with E-state index in [1.165, 1.54) is 23.0 Å². The van der Waals surface area contributed by atoms with Crippen LogP contribution in [0.3, 0.4) is 0 Å². The Labute approximate surface area is 154 Å². The monoisotopic (exact) mass is 378 g/mol. The van der Waals surface area contributed by atoms with Gasteiger partial charge in [-0.3, -0.25) is 14.5 Å². The molecular formula is C18H20F2N4O3. The summed E-state index contributed by atoms with van der Waals surface area (Å²) in [6.45, 7) is 2.51. The van der Waals surface area contributed by atoms with E-state index in [4.69, 9.17) is 5.11 Å². The highest BCUT2D eigenvalue weighted by atomic mass is 19.1. The molecule has 0 unspecified atom stereocenters. The van der Waals surface area contributed by atoms with Crippen LogP contribution in [-0.4, -0.2) is 56.8 Å². The van der Waals surface area contributed by atoms with Crippen molar-refractivity contribution >= 4 is 11.9 Å². The molecule has 0 aliphatic heterocycles. The summed E-state index contributed by atoms with van der Waals surface area (Å²) in [5.74, 6) is -2.72. The molecule has 0 bridgehead atoms. The second-order valence-electron chi connectivity index (χ2n) is 6.49. The zero-order valence-corrected chi connectivity index (χ0v) is 14.7. The molecule has 1 heterocycles. The molecule has 1 amide bonds. The minimum absolute atomic E-state index is 0.0184. The van der Waals surface area contributed by atoms with Crippen LogP contribution in [0, 0.1) is 11.6 Å². The van der Waals surface area contributed by atoms with Crippen molar-refractivity contribution in [1.82, 2.24) is 20.0 Å². The van der Waals surface area contributed by atoms with Crippen LogP contribution in [0.2, 0.25) is 0 Å². The molecule has 1 fully saturated rings. The molecule has 2 N–H and O–H groups in total. The number of rotatable bonds is 7. The maximum Gasteiger partial charge on any atom is 0.317 e. The third-order valence-corrected chi connectivity index (χ3v) is 4.69. The molecule has 1 aromatic heterocycles. The molecule has 0 radical (unpaired) electrons. The average Bonchev–Trinajstić information content (AvgIpc) is 3.05. The molecule has 7 nitrogen and oxygen atoms in total. The number of hydrogen-bond donors (Lipinski definition) is 2. The summed E-state index contributed by atoms with van der Waals surface area (Å²) in [6.07, 6.45) is 2.76. The Morgan fingerprint density at radius 1 is 1.33 bits per heavy atom. The fraction of sp³-hybridized carbons (Fsp3) is 0.389. The summed E-state index contributed by atoms with van der Waals surface area (Å²) >= 11 is 0. The maximum atomic E-state index is 13.8. The van der Waals surface area contributed by atoms with E-state index in [2.05, 4.69) is 10.4 Å². The topological polar surface area (TPSA) is 87.5 Å². The molecular weight excluding hydrogens is 358 g/mol.